The number of aliphatic hydroxyl groups excluding tert-OH is 1. The van der Waals surface area contributed by atoms with Gasteiger partial charge >= 0.3 is 0 Å². The van der Waals surface area contributed by atoms with E-state index >= 15 is 0 Å². The lowest BCUT2D eigenvalue weighted by atomic mass is 9.82. The van der Waals surface area contributed by atoms with Crippen LogP contribution < -0.4 is 0 Å². The van der Waals surface area contributed by atoms with E-state index in [1.807, 2.05) is 20.8 Å². The van der Waals surface area contributed by atoms with Gasteiger partial charge in [0.2, 0.25) is 0 Å². The zero-order valence-electron chi connectivity index (χ0n) is 11.4. The number of halogens is 2. The van der Waals surface area contributed by atoms with Gasteiger partial charge in [0.15, 0.2) is 11.6 Å². The van der Waals surface area contributed by atoms with Crippen molar-refractivity contribution in [2.75, 3.05) is 0 Å². The van der Waals surface area contributed by atoms with Crippen molar-refractivity contribution in [3.63, 3.8) is 0 Å². The smallest absolute Gasteiger partial charge is 0.159 e. The molecule has 1 N–H and O–H groups in total. The summed E-state index contributed by atoms with van der Waals surface area (Å²) >= 11 is 0. The molecule has 0 bridgehead atoms. The molecule has 1 fully saturated rings. The molecule has 2 nitrogen and oxygen atoms in total. The van der Waals surface area contributed by atoms with Crippen LogP contribution in [0.15, 0.2) is 18.2 Å². The van der Waals surface area contributed by atoms with E-state index in [9.17, 15) is 13.9 Å². The molecule has 1 aliphatic rings. The topological polar surface area (TPSA) is 29.5 Å². The number of ether oxygens (including phenoxy) is 1. The van der Waals surface area contributed by atoms with Crippen LogP contribution in [0.4, 0.5) is 8.78 Å². The maximum atomic E-state index is 13.1. The van der Waals surface area contributed by atoms with Gasteiger partial charge in [-0.1, -0.05) is 13.0 Å². The van der Waals surface area contributed by atoms with Crippen LogP contribution in [-0.2, 0) is 11.2 Å². The fraction of sp³-hybridized carbons (Fsp3) is 0.600. The van der Waals surface area contributed by atoms with Gasteiger partial charge in [-0.15, -0.1) is 0 Å². The number of benzene rings is 1. The van der Waals surface area contributed by atoms with Crippen molar-refractivity contribution < 1.29 is 18.6 Å². The van der Waals surface area contributed by atoms with Crippen molar-refractivity contribution in [3.05, 3.63) is 35.4 Å². The predicted molar refractivity (Wildman–Crippen MR) is 68.7 cm³/mol. The van der Waals surface area contributed by atoms with Gasteiger partial charge in [-0.05, 0) is 43.9 Å². The summed E-state index contributed by atoms with van der Waals surface area (Å²) in [4.78, 5) is 0. The molecule has 2 rings (SSSR count). The predicted octanol–water partition coefficient (Wildman–Crippen LogP) is 2.93. The fourth-order valence-corrected chi connectivity index (χ4v) is 3.00. The monoisotopic (exact) mass is 270 g/mol. The summed E-state index contributed by atoms with van der Waals surface area (Å²) in [6.07, 6.45) is -0.211. The third-order valence-electron chi connectivity index (χ3n) is 4.19. The normalized spacial score (nSPS) is 32.5. The molecule has 1 saturated heterocycles. The van der Waals surface area contributed by atoms with Crippen molar-refractivity contribution in [2.45, 2.75) is 45.5 Å². The van der Waals surface area contributed by atoms with Crippen LogP contribution in [0.1, 0.15) is 26.3 Å². The summed E-state index contributed by atoms with van der Waals surface area (Å²) in [7, 11) is 0. The van der Waals surface area contributed by atoms with Crippen molar-refractivity contribution in [3.8, 4) is 0 Å². The zero-order chi connectivity index (χ0) is 14.2. The SMILES string of the molecule is CC1OC(C)C(C(O)Cc2ccc(F)c(F)c2)C1C. The van der Waals surface area contributed by atoms with Crippen molar-refractivity contribution in [1.82, 2.24) is 0 Å². The third-order valence-corrected chi connectivity index (χ3v) is 4.19. The Morgan fingerprint density at radius 2 is 1.84 bits per heavy atom. The van der Waals surface area contributed by atoms with E-state index < -0.39 is 17.7 Å². The summed E-state index contributed by atoms with van der Waals surface area (Å²) in [5.74, 6) is -1.47. The van der Waals surface area contributed by atoms with Crippen molar-refractivity contribution in [1.29, 1.82) is 0 Å². The van der Waals surface area contributed by atoms with Gasteiger partial charge in [0.25, 0.3) is 0 Å². The van der Waals surface area contributed by atoms with Crippen LogP contribution in [0.2, 0.25) is 0 Å². The minimum Gasteiger partial charge on any atom is -0.392 e. The highest BCUT2D eigenvalue weighted by Gasteiger charge is 2.40. The highest BCUT2D eigenvalue weighted by Crippen LogP contribution is 2.35. The first-order chi connectivity index (χ1) is 8.90. The maximum absolute atomic E-state index is 13.1. The first kappa shape index (κ1) is 14.4. The molecular weight excluding hydrogens is 250 g/mol. The highest BCUT2D eigenvalue weighted by molar-refractivity contribution is 5.19. The van der Waals surface area contributed by atoms with Crippen LogP contribution in [0, 0.1) is 23.5 Å². The zero-order valence-corrected chi connectivity index (χ0v) is 11.4. The highest BCUT2D eigenvalue weighted by atomic mass is 19.2. The Morgan fingerprint density at radius 1 is 1.16 bits per heavy atom. The average molecular weight is 270 g/mol. The van der Waals surface area contributed by atoms with E-state index in [1.165, 1.54) is 6.07 Å². The Labute approximate surface area is 112 Å². The summed E-state index contributed by atoms with van der Waals surface area (Å²) in [5.41, 5.74) is 0.602. The number of hydrogen-bond acceptors (Lipinski definition) is 2. The van der Waals surface area contributed by atoms with E-state index in [1.54, 1.807) is 0 Å². The van der Waals surface area contributed by atoms with Gasteiger partial charge < -0.3 is 9.84 Å². The molecule has 1 aliphatic heterocycles. The second-order valence-electron chi connectivity index (χ2n) is 5.50. The third kappa shape index (κ3) is 2.95. The Morgan fingerprint density at radius 3 is 2.37 bits per heavy atom. The second kappa shape index (κ2) is 5.55. The molecule has 0 radical (unpaired) electrons. The number of aliphatic hydroxyl groups is 1. The molecule has 106 valence electrons. The van der Waals surface area contributed by atoms with E-state index in [-0.39, 0.29) is 24.0 Å². The fourth-order valence-electron chi connectivity index (χ4n) is 3.00. The lowest BCUT2D eigenvalue weighted by Crippen LogP contribution is -2.32. The lowest BCUT2D eigenvalue weighted by Gasteiger charge is -2.24. The molecule has 0 spiro atoms. The van der Waals surface area contributed by atoms with Gasteiger partial charge in [0.05, 0.1) is 18.3 Å². The number of rotatable bonds is 3. The van der Waals surface area contributed by atoms with Crippen LogP contribution in [0.25, 0.3) is 0 Å². The molecule has 4 heteroatoms. The first-order valence-electron chi connectivity index (χ1n) is 6.67. The number of hydrogen-bond donors (Lipinski definition) is 1. The minimum absolute atomic E-state index is 0.0168. The largest absolute Gasteiger partial charge is 0.392 e. The maximum Gasteiger partial charge on any atom is 0.159 e. The summed E-state index contributed by atoms with van der Waals surface area (Å²) in [5, 5.41) is 10.3. The van der Waals surface area contributed by atoms with E-state index in [4.69, 9.17) is 4.74 Å². The molecule has 0 amide bonds. The Balaban J connectivity index is 2.08. The molecular formula is C15H20F2O2. The lowest BCUT2D eigenvalue weighted by molar-refractivity contribution is 0.0239. The first-order valence-corrected chi connectivity index (χ1v) is 6.67. The Hall–Kier alpha value is -1.00. The molecule has 0 aromatic heterocycles. The minimum atomic E-state index is -0.873. The molecule has 19 heavy (non-hydrogen) atoms. The van der Waals surface area contributed by atoms with E-state index in [2.05, 4.69) is 0 Å². The van der Waals surface area contributed by atoms with Crippen molar-refractivity contribution in [2.24, 2.45) is 11.8 Å². The van der Waals surface area contributed by atoms with Crippen LogP contribution in [0.5, 0.6) is 0 Å². The standard InChI is InChI=1S/C15H20F2O2/c1-8-9(2)19-10(3)15(8)14(18)7-11-4-5-12(16)13(17)6-11/h4-6,8-10,14-15,18H,7H2,1-3H3. The van der Waals surface area contributed by atoms with Gasteiger partial charge in [0, 0.05) is 5.92 Å². The van der Waals surface area contributed by atoms with Crippen LogP contribution >= 0.6 is 0 Å². The van der Waals surface area contributed by atoms with E-state index in [0.717, 1.165) is 12.1 Å². The summed E-state index contributed by atoms with van der Waals surface area (Å²) in [6, 6.07) is 3.75. The molecule has 1 aromatic carbocycles. The molecule has 1 heterocycles. The van der Waals surface area contributed by atoms with Crippen LogP contribution in [-0.4, -0.2) is 23.4 Å². The Kier molecular flexibility index (Phi) is 4.21. The average Bonchev–Trinajstić information content (AvgIpc) is 2.58. The molecule has 1 aromatic rings. The molecule has 5 atom stereocenters. The van der Waals surface area contributed by atoms with E-state index in [0.29, 0.717) is 12.0 Å². The van der Waals surface area contributed by atoms with Crippen LogP contribution in [0.3, 0.4) is 0 Å². The van der Waals surface area contributed by atoms with Gasteiger partial charge in [-0.25, -0.2) is 8.78 Å². The van der Waals surface area contributed by atoms with Gasteiger partial charge in [-0.2, -0.15) is 0 Å². The van der Waals surface area contributed by atoms with Gasteiger partial charge in [0.1, 0.15) is 0 Å². The quantitative estimate of drug-likeness (QED) is 0.915. The molecule has 0 saturated carbocycles. The summed E-state index contributed by atoms with van der Waals surface area (Å²) < 4.78 is 31.7. The molecule has 0 aliphatic carbocycles. The second-order valence-corrected chi connectivity index (χ2v) is 5.50. The molecule has 5 unspecified atom stereocenters. The summed E-state index contributed by atoms with van der Waals surface area (Å²) in [6.45, 7) is 5.98. The Bertz CT molecular complexity index is 450. The van der Waals surface area contributed by atoms with Gasteiger partial charge in [-0.3, -0.25) is 0 Å². The van der Waals surface area contributed by atoms with Crippen molar-refractivity contribution >= 4 is 0 Å².